The second kappa shape index (κ2) is 8.43. The molecule has 0 spiro atoms. The minimum atomic E-state index is -0.574. The second-order valence-electron chi connectivity index (χ2n) is 6.16. The van der Waals surface area contributed by atoms with Gasteiger partial charge in [0, 0.05) is 5.02 Å². The predicted octanol–water partition coefficient (Wildman–Crippen LogP) is 1.87. The van der Waals surface area contributed by atoms with Crippen LogP contribution in [-0.2, 0) is 0 Å². The van der Waals surface area contributed by atoms with Gasteiger partial charge in [0.15, 0.2) is 17.6 Å². The summed E-state index contributed by atoms with van der Waals surface area (Å²) in [6, 6.07) is 14.9. The number of halogens is 1. The number of hydrogen-bond donors (Lipinski definition) is 2. The zero-order chi connectivity index (χ0) is 17.6. The fourth-order valence-electron chi connectivity index (χ4n) is 2.61. The number of ether oxygens (including phenoxy) is 3. The van der Waals surface area contributed by atoms with Gasteiger partial charge in [0.25, 0.3) is 0 Å². The van der Waals surface area contributed by atoms with Crippen molar-refractivity contribution in [1.82, 2.24) is 0 Å². The van der Waals surface area contributed by atoms with Crippen molar-refractivity contribution in [2.45, 2.75) is 25.2 Å². The number of nitrogens with two attached hydrogens (primary N) is 1. The highest BCUT2D eigenvalue weighted by molar-refractivity contribution is 6.30. The summed E-state index contributed by atoms with van der Waals surface area (Å²) >= 11 is 5.83. The molecule has 25 heavy (non-hydrogen) atoms. The van der Waals surface area contributed by atoms with Gasteiger partial charge in [-0.05, 0) is 43.3 Å². The largest absolute Gasteiger partial charge is 0.491 e. The van der Waals surface area contributed by atoms with Crippen LogP contribution in [0, 0.1) is 0 Å². The van der Waals surface area contributed by atoms with E-state index in [1.54, 1.807) is 24.3 Å². The predicted molar refractivity (Wildman–Crippen MR) is 95.6 cm³/mol. The maximum atomic E-state index is 10.1. The molecule has 0 amide bonds. The summed E-state index contributed by atoms with van der Waals surface area (Å²) in [5, 5.41) is 12.8. The van der Waals surface area contributed by atoms with E-state index in [0.29, 0.717) is 23.9 Å². The van der Waals surface area contributed by atoms with E-state index in [4.69, 9.17) is 25.8 Å². The van der Waals surface area contributed by atoms with E-state index in [0.717, 1.165) is 11.5 Å². The van der Waals surface area contributed by atoms with Crippen molar-refractivity contribution < 1.29 is 24.6 Å². The average molecular weight is 365 g/mol. The second-order valence-corrected chi connectivity index (χ2v) is 6.60. The molecule has 3 N–H and O–H groups in total. The fraction of sp³-hybridized carbons (Fsp3) is 0.368. The molecule has 0 aromatic heterocycles. The van der Waals surface area contributed by atoms with Crippen LogP contribution in [0.2, 0.25) is 5.02 Å². The van der Waals surface area contributed by atoms with E-state index in [1.165, 1.54) is 0 Å². The van der Waals surface area contributed by atoms with E-state index in [9.17, 15) is 5.11 Å². The molecule has 0 saturated carbocycles. The highest BCUT2D eigenvalue weighted by Crippen LogP contribution is 2.31. The Balaban J connectivity index is 1.41. The maximum absolute atomic E-state index is 10.1. The first-order valence-corrected chi connectivity index (χ1v) is 8.78. The van der Waals surface area contributed by atoms with Gasteiger partial charge in [-0.1, -0.05) is 23.7 Å². The molecule has 1 heterocycles. The fourth-order valence-corrected chi connectivity index (χ4v) is 2.74. The standard InChI is InChI=1S/C19H22ClNO4/c1-13(19-12-24-17-4-2-3-5-18(17)25-19)21-10-15(22)11-23-16-8-6-14(20)7-9-16/h2-9,13,15,19,21-22H,10-12H2,1H3/p+1/t13-,15+,19-/m0/s1. The minimum Gasteiger partial charge on any atom is -0.491 e. The molecule has 6 heteroatoms. The van der Waals surface area contributed by atoms with Gasteiger partial charge in [0.05, 0.1) is 0 Å². The van der Waals surface area contributed by atoms with Crippen LogP contribution in [0.25, 0.3) is 0 Å². The molecule has 0 bridgehead atoms. The van der Waals surface area contributed by atoms with Gasteiger partial charge in [-0.3, -0.25) is 0 Å². The first kappa shape index (κ1) is 17.9. The molecule has 0 aliphatic carbocycles. The summed E-state index contributed by atoms with van der Waals surface area (Å²) in [6.07, 6.45) is -0.630. The molecule has 2 aromatic carbocycles. The lowest BCUT2D eigenvalue weighted by molar-refractivity contribution is -0.698. The van der Waals surface area contributed by atoms with Crippen LogP contribution in [0.5, 0.6) is 17.2 Å². The van der Waals surface area contributed by atoms with Crippen molar-refractivity contribution in [1.29, 1.82) is 0 Å². The van der Waals surface area contributed by atoms with E-state index in [1.807, 2.05) is 24.3 Å². The molecule has 3 atom stereocenters. The lowest BCUT2D eigenvalue weighted by Crippen LogP contribution is -2.94. The zero-order valence-electron chi connectivity index (χ0n) is 14.1. The Bertz CT molecular complexity index is 679. The third-order valence-corrected chi connectivity index (χ3v) is 4.40. The van der Waals surface area contributed by atoms with E-state index >= 15 is 0 Å². The van der Waals surface area contributed by atoms with Gasteiger partial charge in [0.2, 0.25) is 0 Å². The van der Waals surface area contributed by atoms with Gasteiger partial charge in [-0.25, -0.2) is 0 Å². The lowest BCUT2D eigenvalue weighted by Gasteiger charge is -2.29. The average Bonchev–Trinajstić information content (AvgIpc) is 2.65. The number of aliphatic hydroxyl groups excluding tert-OH is 1. The van der Waals surface area contributed by atoms with Crippen molar-refractivity contribution in [2.24, 2.45) is 0 Å². The summed E-state index contributed by atoms with van der Waals surface area (Å²) < 4.78 is 17.3. The monoisotopic (exact) mass is 364 g/mol. The van der Waals surface area contributed by atoms with Crippen LogP contribution in [0.3, 0.4) is 0 Å². The van der Waals surface area contributed by atoms with Gasteiger partial charge < -0.3 is 24.6 Å². The third kappa shape index (κ3) is 5.01. The summed E-state index contributed by atoms with van der Waals surface area (Å²) in [5.74, 6) is 2.24. The van der Waals surface area contributed by atoms with Gasteiger partial charge in [0.1, 0.15) is 37.7 Å². The molecule has 5 nitrogen and oxygen atoms in total. The molecule has 1 aliphatic rings. The van der Waals surface area contributed by atoms with Gasteiger partial charge >= 0.3 is 0 Å². The summed E-state index contributed by atoms with van der Waals surface area (Å²) in [4.78, 5) is 0. The van der Waals surface area contributed by atoms with Crippen molar-refractivity contribution in [3.05, 3.63) is 53.6 Å². The SMILES string of the molecule is C[C@H]([NH2+]C[C@@H](O)COc1ccc(Cl)cc1)[C@@H]1COc2ccccc2O1. The maximum Gasteiger partial charge on any atom is 0.184 e. The first-order chi connectivity index (χ1) is 12.1. The Morgan fingerprint density at radius 1 is 1.20 bits per heavy atom. The Hall–Kier alpha value is -1.95. The van der Waals surface area contributed by atoms with Crippen LogP contribution in [0.1, 0.15) is 6.92 Å². The summed E-state index contributed by atoms with van der Waals surface area (Å²) in [7, 11) is 0. The minimum absolute atomic E-state index is 0.0562. The number of hydrogen-bond acceptors (Lipinski definition) is 4. The molecule has 0 unspecified atom stereocenters. The van der Waals surface area contributed by atoms with Crippen molar-refractivity contribution in [2.75, 3.05) is 19.8 Å². The van der Waals surface area contributed by atoms with E-state index in [2.05, 4.69) is 12.2 Å². The normalized spacial score (nSPS) is 18.4. The molecule has 3 rings (SSSR count). The van der Waals surface area contributed by atoms with Crippen LogP contribution < -0.4 is 19.5 Å². The first-order valence-electron chi connectivity index (χ1n) is 8.40. The molecular formula is C19H23ClNO4+. The Labute approximate surface area is 152 Å². The quantitative estimate of drug-likeness (QED) is 0.787. The van der Waals surface area contributed by atoms with Crippen LogP contribution in [0.15, 0.2) is 48.5 Å². The highest BCUT2D eigenvalue weighted by Gasteiger charge is 2.28. The topological polar surface area (TPSA) is 64.5 Å². The Morgan fingerprint density at radius 3 is 2.68 bits per heavy atom. The summed E-state index contributed by atoms with van der Waals surface area (Å²) in [6.45, 7) is 3.33. The Morgan fingerprint density at radius 2 is 1.92 bits per heavy atom. The number of rotatable bonds is 7. The van der Waals surface area contributed by atoms with Crippen molar-refractivity contribution in [3.63, 3.8) is 0 Å². The van der Waals surface area contributed by atoms with E-state index < -0.39 is 6.10 Å². The van der Waals surface area contributed by atoms with Gasteiger partial charge in [-0.15, -0.1) is 0 Å². The van der Waals surface area contributed by atoms with Crippen LogP contribution >= 0.6 is 11.6 Å². The molecule has 0 saturated heterocycles. The number of para-hydroxylation sites is 2. The van der Waals surface area contributed by atoms with Gasteiger partial charge in [-0.2, -0.15) is 0 Å². The zero-order valence-corrected chi connectivity index (χ0v) is 14.9. The van der Waals surface area contributed by atoms with E-state index in [-0.39, 0.29) is 18.8 Å². The molecule has 0 radical (unpaired) electrons. The number of fused-ring (bicyclic) bond motifs is 1. The smallest absolute Gasteiger partial charge is 0.184 e. The van der Waals surface area contributed by atoms with Crippen LogP contribution in [0.4, 0.5) is 0 Å². The number of quaternary nitrogens is 1. The molecule has 1 aliphatic heterocycles. The molecule has 0 fully saturated rings. The lowest BCUT2D eigenvalue weighted by atomic mass is 10.1. The molecule has 134 valence electrons. The Kier molecular flexibility index (Phi) is 6.02. The third-order valence-electron chi connectivity index (χ3n) is 4.15. The highest BCUT2D eigenvalue weighted by atomic mass is 35.5. The number of aliphatic hydroxyl groups is 1. The molecular weight excluding hydrogens is 342 g/mol. The summed E-state index contributed by atoms with van der Waals surface area (Å²) in [5.41, 5.74) is 0. The number of benzene rings is 2. The van der Waals surface area contributed by atoms with Crippen molar-refractivity contribution in [3.8, 4) is 17.2 Å². The van der Waals surface area contributed by atoms with Crippen molar-refractivity contribution >= 4 is 11.6 Å². The molecule has 2 aromatic rings. The van der Waals surface area contributed by atoms with Crippen LogP contribution in [-0.4, -0.2) is 43.1 Å².